The first kappa shape index (κ1) is 21.7. The summed E-state index contributed by atoms with van der Waals surface area (Å²) in [5.41, 5.74) is -0.261. The fourth-order valence-electron chi connectivity index (χ4n) is 3.99. The van der Waals surface area contributed by atoms with E-state index in [-0.39, 0.29) is 18.3 Å². The van der Waals surface area contributed by atoms with Crippen molar-refractivity contribution in [2.24, 2.45) is 5.92 Å². The number of carbonyl (C=O) groups is 4. The molecule has 4 amide bonds. The van der Waals surface area contributed by atoms with Crippen molar-refractivity contribution in [1.29, 1.82) is 0 Å². The molecule has 3 unspecified atom stereocenters. The maximum atomic E-state index is 12.9. The number of benzene rings is 1. The molecule has 1 saturated carbocycles. The van der Waals surface area contributed by atoms with Crippen molar-refractivity contribution in [2.75, 3.05) is 6.54 Å². The first-order chi connectivity index (χ1) is 14.2. The number of hydrogen-bond acceptors (Lipinski definition) is 5. The van der Waals surface area contributed by atoms with E-state index in [2.05, 4.69) is 10.6 Å². The van der Waals surface area contributed by atoms with E-state index in [1.165, 1.54) is 31.2 Å². The van der Waals surface area contributed by atoms with Crippen LogP contribution in [0.25, 0.3) is 0 Å². The van der Waals surface area contributed by atoms with Crippen molar-refractivity contribution in [3.05, 3.63) is 35.6 Å². The summed E-state index contributed by atoms with van der Waals surface area (Å²) in [5.74, 6) is -2.19. The second-order valence-electron chi connectivity index (χ2n) is 7.92. The number of imide groups is 1. The van der Waals surface area contributed by atoms with Crippen LogP contribution in [0.3, 0.4) is 0 Å². The maximum absolute atomic E-state index is 12.9. The van der Waals surface area contributed by atoms with E-state index < -0.39 is 42.0 Å². The van der Waals surface area contributed by atoms with Crippen LogP contribution in [0.15, 0.2) is 24.3 Å². The Morgan fingerprint density at radius 2 is 2.00 bits per heavy atom. The third kappa shape index (κ3) is 4.44. The summed E-state index contributed by atoms with van der Waals surface area (Å²) >= 11 is 0. The lowest BCUT2D eigenvalue weighted by atomic mass is 9.73. The van der Waals surface area contributed by atoms with E-state index >= 15 is 0 Å². The number of carbonyl (C=O) groups excluding carboxylic acids is 4. The third-order valence-corrected chi connectivity index (χ3v) is 5.85. The highest BCUT2D eigenvalue weighted by atomic mass is 19.1. The lowest BCUT2D eigenvalue weighted by Crippen LogP contribution is -2.54. The molecule has 30 heavy (non-hydrogen) atoms. The van der Waals surface area contributed by atoms with Gasteiger partial charge in [-0.25, -0.2) is 9.18 Å². The van der Waals surface area contributed by atoms with Gasteiger partial charge in [-0.05, 0) is 43.4 Å². The molecule has 2 fully saturated rings. The van der Waals surface area contributed by atoms with Gasteiger partial charge in [0, 0.05) is 6.54 Å². The molecule has 8 nitrogen and oxygen atoms in total. The molecular formula is C21H26FN3O5. The summed E-state index contributed by atoms with van der Waals surface area (Å²) in [6.07, 6.45) is 2.10. The number of esters is 1. The van der Waals surface area contributed by atoms with Gasteiger partial charge in [-0.1, -0.05) is 31.9 Å². The molecule has 1 aliphatic carbocycles. The number of nitrogens with zero attached hydrogens (tertiary/aromatic N) is 1. The van der Waals surface area contributed by atoms with E-state index in [1.54, 1.807) is 0 Å². The highest BCUT2D eigenvalue weighted by Gasteiger charge is 2.55. The summed E-state index contributed by atoms with van der Waals surface area (Å²) in [6.45, 7) is 2.92. The van der Waals surface area contributed by atoms with Gasteiger partial charge in [0.25, 0.3) is 11.8 Å². The van der Waals surface area contributed by atoms with Gasteiger partial charge in [0.2, 0.25) is 0 Å². The van der Waals surface area contributed by atoms with Crippen LogP contribution in [0.2, 0.25) is 0 Å². The molecule has 2 aliphatic rings. The minimum Gasteiger partial charge on any atom is -0.451 e. The molecule has 1 aromatic rings. The first-order valence-corrected chi connectivity index (χ1v) is 10.1. The highest BCUT2D eigenvalue weighted by Crippen LogP contribution is 2.38. The van der Waals surface area contributed by atoms with Gasteiger partial charge in [0.05, 0.1) is 0 Å². The molecule has 2 N–H and O–H groups in total. The molecule has 9 heteroatoms. The zero-order chi connectivity index (χ0) is 21.9. The van der Waals surface area contributed by atoms with E-state index in [1.807, 2.05) is 6.92 Å². The van der Waals surface area contributed by atoms with Crippen molar-refractivity contribution in [1.82, 2.24) is 15.5 Å². The van der Waals surface area contributed by atoms with E-state index in [0.717, 1.165) is 24.2 Å². The summed E-state index contributed by atoms with van der Waals surface area (Å²) in [6, 6.07) is 5.02. The summed E-state index contributed by atoms with van der Waals surface area (Å²) in [5, 5.41) is 5.36. The van der Waals surface area contributed by atoms with Crippen molar-refractivity contribution in [2.45, 2.75) is 57.7 Å². The Morgan fingerprint density at radius 1 is 1.30 bits per heavy atom. The molecule has 1 saturated heterocycles. The third-order valence-electron chi connectivity index (χ3n) is 5.85. The van der Waals surface area contributed by atoms with Gasteiger partial charge in [0.15, 0.2) is 6.10 Å². The van der Waals surface area contributed by atoms with Crippen LogP contribution in [-0.4, -0.2) is 46.9 Å². The molecular weight excluding hydrogens is 393 g/mol. The number of halogens is 1. The van der Waals surface area contributed by atoms with Crippen LogP contribution in [-0.2, 0) is 25.7 Å². The number of urea groups is 1. The predicted octanol–water partition coefficient (Wildman–Crippen LogP) is 1.87. The van der Waals surface area contributed by atoms with E-state index in [9.17, 15) is 23.6 Å². The van der Waals surface area contributed by atoms with Crippen LogP contribution in [0.1, 0.15) is 45.1 Å². The minimum absolute atomic E-state index is 0.0140. The zero-order valence-corrected chi connectivity index (χ0v) is 17.1. The molecule has 162 valence electrons. The number of hydrogen-bond donors (Lipinski definition) is 2. The van der Waals surface area contributed by atoms with Crippen molar-refractivity contribution in [3.8, 4) is 0 Å². The number of rotatable bonds is 6. The number of nitrogens with one attached hydrogen (secondary N) is 2. The number of amides is 4. The van der Waals surface area contributed by atoms with E-state index in [0.29, 0.717) is 12.0 Å². The molecule has 1 heterocycles. The quantitative estimate of drug-likeness (QED) is 0.541. The smallest absolute Gasteiger partial charge is 0.327 e. The predicted molar refractivity (Wildman–Crippen MR) is 104 cm³/mol. The van der Waals surface area contributed by atoms with Gasteiger partial charge in [-0.2, -0.15) is 0 Å². The Kier molecular flexibility index (Phi) is 6.38. The zero-order valence-electron chi connectivity index (χ0n) is 17.1. The van der Waals surface area contributed by atoms with Crippen molar-refractivity contribution >= 4 is 23.8 Å². The summed E-state index contributed by atoms with van der Waals surface area (Å²) < 4.78 is 18.0. The molecule has 3 atom stereocenters. The van der Waals surface area contributed by atoms with Crippen LogP contribution in [0.5, 0.6) is 0 Å². The van der Waals surface area contributed by atoms with Crippen LogP contribution < -0.4 is 10.6 Å². The lowest BCUT2D eigenvalue weighted by molar-refractivity contribution is -0.157. The fourth-order valence-corrected chi connectivity index (χ4v) is 3.99. The lowest BCUT2D eigenvalue weighted by Gasteiger charge is -2.36. The second-order valence-corrected chi connectivity index (χ2v) is 7.92. The molecule has 1 aliphatic heterocycles. The van der Waals surface area contributed by atoms with Gasteiger partial charge in [0.1, 0.15) is 17.9 Å². The number of ether oxygens (including phenoxy) is 1. The molecule has 0 radical (unpaired) electrons. The summed E-state index contributed by atoms with van der Waals surface area (Å²) in [7, 11) is 0. The molecule has 1 spiro atoms. The normalized spacial score (nSPS) is 24.5. The minimum atomic E-state index is -1.11. The Balaban J connectivity index is 1.51. The monoisotopic (exact) mass is 419 g/mol. The summed E-state index contributed by atoms with van der Waals surface area (Å²) in [4.78, 5) is 50.5. The Labute approximate surface area is 174 Å². The average molecular weight is 419 g/mol. The van der Waals surface area contributed by atoms with Crippen LogP contribution in [0, 0.1) is 11.7 Å². The van der Waals surface area contributed by atoms with Gasteiger partial charge >= 0.3 is 12.0 Å². The molecule has 0 aromatic heterocycles. The highest BCUT2D eigenvalue weighted by molar-refractivity contribution is 6.09. The Morgan fingerprint density at radius 3 is 2.67 bits per heavy atom. The Hall–Kier alpha value is -2.97. The standard InChI is InChI=1S/C21H26FN3O5/c1-13-5-3-4-10-21(13)19(28)25(20(29)24-21)12-17(26)30-14(2)18(27)23-11-15-6-8-16(22)9-7-15/h6-9,13-14H,3-5,10-12H2,1-2H3,(H,23,27)(H,24,29). The first-order valence-electron chi connectivity index (χ1n) is 10.1. The van der Waals surface area contributed by atoms with Gasteiger partial charge in [-0.3, -0.25) is 19.3 Å². The Bertz CT molecular complexity index is 844. The second kappa shape index (κ2) is 8.81. The van der Waals surface area contributed by atoms with Gasteiger partial charge < -0.3 is 15.4 Å². The van der Waals surface area contributed by atoms with Crippen LogP contribution >= 0.6 is 0 Å². The topological polar surface area (TPSA) is 105 Å². The van der Waals surface area contributed by atoms with Gasteiger partial charge in [-0.15, -0.1) is 0 Å². The molecule has 0 bridgehead atoms. The average Bonchev–Trinajstić information content (AvgIpc) is 2.94. The SMILES string of the molecule is CC(OC(=O)CN1C(=O)NC2(CCCCC2C)C1=O)C(=O)NCc1ccc(F)cc1. The van der Waals surface area contributed by atoms with E-state index in [4.69, 9.17) is 4.74 Å². The van der Waals surface area contributed by atoms with Crippen LogP contribution in [0.4, 0.5) is 9.18 Å². The molecule has 1 aromatic carbocycles. The maximum Gasteiger partial charge on any atom is 0.327 e. The molecule has 3 rings (SSSR count). The van der Waals surface area contributed by atoms with Crippen molar-refractivity contribution in [3.63, 3.8) is 0 Å². The van der Waals surface area contributed by atoms with Crippen molar-refractivity contribution < 1.29 is 28.3 Å². The largest absolute Gasteiger partial charge is 0.451 e. The fraction of sp³-hybridized carbons (Fsp3) is 0.524.